The van der Waals surface area contributed by atoms with Crippen molar-refractivity contribution in [2.75, 3.05) is 13.6 Å². The summed E-state index contributed by atoms with van der Waals surface area (Å²) in [5.41, 5.74) is 2.50. The van der Waals surface area contributed by atoms with Gasteiger partial charge < -0.3 is 10.6 Å². The average Bonchev–Trinajstić information content (AvgIpc) is 3.35. The van der Waals surface area contributed by atoms with Crippen molar-refractivity contribution in [3.05, 3.63) is 66.0 Å². The molecular formula is C18H23IN4. The number of nitrogens with one attached hydrogen (secondary N) is 2. The van der Waals surface area contributed by atoms with Crippen LogP contribution in [0, 0.1) is 0 Å². The molecule has 4 nitrogen and oxygen atoms in total. The molecule has 122 valence electrons. The number of guanidine groups is 1. The number of aliphatic imine (C=N–C) groups is 1. The summed E-state index contributed by atoms with van der Waals surface area (Å²) in [7, 11) is 1.82. The van der Waals surface area contributed by atoms with Gasteiger partial charge in [0.15, 0.2) is 5.96 Å². The lowest BCUT2D eigenvalue weighted by Gasteiger charge is -2.11. The van der Waals surface area contributed by atoms with E-state index >= 15 is 0 Å². The van der Waals surface area contributed by atoms with Crippen molar-refractivity contribution in [2.45, 2.75) is 24.8 Å². The van der Waals surface area contributed by atoms with Gasteiger partial charge >= 0.3 is 0 Å². The van der Waals surface area contributed by atoms with Crippen molar-refractivity contribution in [1.82, 2.24) is 15.6 Å². The van der Waals surface area contributed by atoms with Gasteiger partial charge in [-0.25, -0.2) is 0 Å². The molecule has 2 aromatic rings. The van der Waals surface area contributed by atoms with E-state index in [9.17, 15) is 0 Å². The highest BCUT2D eigenvalue weighted by Crippen LogP contribution is 2.40. The van der Waals surface area contributed by atoms with Gasteiger partial charge in [-0.1, -0.05) is 36.4 Å². The van der Waals surface area contributed by atoms with Crippen molar-refractivity contribution in [1.29, 1.82) is 0 Å². The summed E-state index contributed by atoms with van der Waals surface area (Å²) in [6.45, 7) is 0.833. The SMILES string of the molecule is CN=C(NCCc1ccccn1)NC1CC1c1ccccc1.I. The fourth-order valence-corrected chi connectivity index (χ4v) is 2.65. The van der Waals surface area contributed by atoms with Crippen LogP contribution in [0.4, 0.5) is 0 Å². The second kappa shape index (κ2) is 8.86. The van der Waals surface area contributed by atoms with Gasteiger partial charge in [0.05, 0.1) is 0 Å². The van der Waals surface area contributed by atoms with Crippen LogP contribution >= 0.6 is 24.0 Å². The quantitative estimate of drug-likeness (QED) is 0.443. The molecule has 2 atom stereocenters. The number of pyridine rings is 1. The normalized spacial score (nSPS) is 19.6. The first-order valence-electron chi connectivity index (χ1n) is 7.79. The van der Waals surface area contributed by atoms with Crippen LogP contribution in [0.1, 0.15) is 23.6 Å². The highest BCUT2D eigenvalue weighted by atomic mass is 127. The van der Waals surface area contributed by atoms with Crippen molar-refractivity contribution in [2.24, 2.45) is 4.99 Å². The third-order valence-electron chi connectivity index (χ3n) is 3.96. The minimum absolute atomic E-state index is 0. The summed E-state index contributed by atoms with van der Waals surface area (Å²) in [4.78, 5) is 8.63. The zero-order chi connectivity index (χ0) is 15.2. The molecule has 0 spiro atoms. The molecule has 0 radical (unpaired) electrons. The van der Waals surface area contributed by atoms with Crippen molar-refractivity contribution in [3.8, 4) is 0 Å². The van der Waals surface area contributed by atoms with E-state index in [-0.39, 0.29) is 24.0 Å². The molecule has 0 amide bonds. The Labute approximate surface area is 154 Å². The molecule has 1 aliphatic carbocycles. The Bertz CT molecular complexity index is 615. The predicted molar refractivity (Wildman–Crippen MR) is 105 cm³/mol. The van der Waals surface area contributed by atoms with Gasteiger partial charge in [0.1, 0.15) is 0 Å². The second-order valence-electron chi connectivity index (χ2n) is 5.57. The predicted octanol–water partition coefficient (Wildman–Crippen LogP) is 2.96. The number of benzene rings is 1. The number of aromatic nitrogens is 1. The summed E-state index contributed by atoms with van der Waals surface area (Å²) in [5.74, 6) is 1.48. The van der Waals surface area contributed by atoms with E-state index in [0.717, 1.165) is 24.6 Å². The molecule has 1 aliphatic rings. The fourth-order valence-electron chi connectivity index (χ4n) is 2.65. The van der Waals surface area contributed by atoms with E-state index in [2.05, 4.69) is 50.9 Å². The number of hydrogen-bond acceptors (Lipinski definition) is 2. The molecule has 0 saturated heterocycles. The summed E-state index contributed by atoms with van der Waals surface area (Å²) < 4.78 is 0. The maximum atomic E-state index is 4.33. The molecule has 2 N–H and O–H groups in total. The highest BCUT2D eigenvalue weighted by molar-refractivity contribution is 14.0. The van der Waals surface area contributed by atoms with Crippen LogP contribution in [-0.4, -0.2) is 30.6 Å². The zero-order valence-electron chi connectivity index (χ0n) is 13.3. The lowest BCUT2D eigenvalue weighted by atomic mass is 10.1. The van der Waals surface area contributed by atoms with Gasteiger partial charge in [-0.2, -0.15) is 0 Å². The van der Waals surface area contributed by atoms with Gasteiger partial charge in [-0.05, 0) is 24.1 Å². The molecule has 3 rings (SSSR count). The van der Waals surface area contributed by atoms with E-state index in [1.165, 1.54) is 12.0 Å². The topological polar surface area (TPSA) is 49.3 Å². The summed E-state index contributed by atoms with van der Waals surface area (Å²) in [6, 6.07) is 17.2. The first-order chi connectivity index (χ1) is 10.9. The summed E-state index contributed by atoms with van der Waals surface area (Å²) >= 11 is 0. The van der Waals surface area contributed by atoms with Crippen LogP contribution in [0.3, 0.4) is 0 Å². The monoisotopic (exact) mass is 422 g/mol. The van der Waals surface area contributed by atoms with Crippen LogP contribution in [0.25, 0.3) is 0 Å². The third-order valence-corrected chi connectivity index (χ3v) is 3.96. The fraction of sp³-hybridized carbons (Fsp3) is 0.333. The van der Waals surface area contributed by atoms with E-state index in [1.54, 1.807) is 0 Å². The third kappa shape index (κ3) is 5.20. The molecule has 23 heavy (non-hydrogen) atoms. The summed E-state index contributed by atoms with van der Waals surface area (Å²) in [5, 5.41) is 6.85. The number of hydrogen-bond donors (Lipinski definition) is 2. The van der Waals surface area contributed by atoms with Crippen LogP contribution in [0.5, 0.6) is 0 Å². The van der Waals surface area contributed by atoms with Gasteiger partial charge in [-0.15, -0.1) is 24.0 Å². The zero-order valence-corrected chi connectivity index (χ0v) is 15.6. The van der Waals surface area contributed by atoms with E-state index < -0.39 is 0 Å². The van der Waals surface area contributed by atoms with E-state index in [0.29, 0.717) is 12.0 Å². The molecule has 1 aromatic heterocycles. The van der Waals surface area contributed by atoms with Gasteiger partial charge in [0, 0.05) is 43.9 Å². The number of nitrogens with zero attached hydrogens (tertiary/aromatic N) is 2. The van der Waals surface area contributed by atoms with Gasteiger partial charge in [0.2, 0.25) is 0 Å². The Morgan fingerprint density at radius 1 is 1.17 bits per heavy atom. The number of halogens is 1. The average molecular weight is 422 g/mol. The molecular weight excluding hydrogens is 399 g/mol. The van der Waals surface area contributed by atoms with Crippen molar-refractivity contribution in [3.63, 3.8) is 0 Å². The number of rotatable bonds is 5. The Morgan fingerprint density at radius 2 is 1.96 bits per heavy atom. The summed E-state index contributed by atoms with van der Waals surface area (Å²) in [6.07, 6.45) is 3.90. The highest BCUT2D eigenvalue weighted by Gasteiger charge is 2.38. The van der Waals surface area contributed by atoms with Crippen LogP contribution in [0.15, 0.2) is 59.7 Å². The molecule has 1 heterocycles. The molecule has 1 aromatic carbocycles. The van der Waals surface area contributed by atoms with Gasteiger partial charge in [0.25, 0.3) is 0 Å². The lowest BCUT2D eigenvalue weighted by molar-refractivity contribution is 0.772. The molecule has 5 heteroatoms. The van der Waals surface area contributed by atoms with Crippen LogP contribution in [0.2, 0.25) is 0 Å². The van der Waals surface area contributed by atoms with Gasteiger partial charge in [-0.3, -0.25) is 9.98 Å². The lowest BCUT2D eigenvalue weighted by Crippen LogP contribution is -2.40. The molecule has 0 aliphatic heterocycles. The molecule has 1 saturated carbocycles. The minimum Gasteiger partial charge on any atom is -0.356 e. The maximum Gasteiger partial charge on any atom is 0.191 e. The Balaban J connectivity index is 0.00000192. The van der Waals surface area contributed by atoms with Crippen LogP contribution in [-0.2, 0) is 6.42 Å². The minimum atomic E-state index is 0. The molecule has 2 unspecified atom stereocenters. The second-order valence-corrected chi connectivity index (χ2v) is 5.57. The van der Waals surface area contributed by atoms with E-state index in [4.69, 9.17) is 0 Å². The Hall–Kier alpha value is -1.63. The maximum absolute atomic E-state index is 4.33. The molecule has 0 bridgehead atoms. The standard InChI is InChI=1S/C18H22N4.HI/c1-19-18(21-12-10-15-9-5-6-11-20-15)22-17-13-16(17)14-7-3-2-4-8-14;/h2-9,11,16-17H,10,12-13H2,1H3,(H2,19,21,22);1H. The smallest absolute Gasteiger partial charge is 0.191 e. The largest absolute Gasteiger partial charge is 0.356 e. The Morgan fingerprint density at radius 3 is 2.65 bits per heavy atom. The first kappa shape index (κ1) is 17.7. The van der Waals surface area contributed by atoms with Crippen molar-refractivity contribution < 1.29 is 0 Å². The first-order valence-corrected chi connectivity index (χ1v) is 7.79. The van der Waals surface area contributed by atoms with Crippen LogP contribution < -0.4 is 10.6 Å². The Kier molecular flexibility index (Phi) is 6.83. The molecule has 1 fully saturated rings. The van der Waals surface area contributed by atoms with Crippen molar-refractivity contribution >= 4 is 29.9 Å². The van der Waals surface area contributed by atoms with E-state index in [1.807, 2.05) is 31.4 Å².